The van der Waals surface area contributed by atoms with Gasteiger partial charge in [-0.2, -0.15) is 4.98 Å². The highest BCUT2D eigenvalue weighted by Crippen LogP contribution is 2.31. The number of hydrogen-bond donors (Lipinski definition) is 0. The van der Waals surface area contributed by atoms with E-state index in [4.69, 9.17) is 13.7 Å². The first-order valence-corrected chi connectivity index (χ1v) is 9.01. The molecule has 0 spiro atoms. The summed E-state index contributed by atoms with van der Waals surface area (Å²) in [5.74, 6) is 2.83. The lowest BCUT2D eigenvalue weighted by Crippen LogP contribution is -2.33. The molecular formula is C20H21N3O4. The third-order valence-electron chi connectivity index (χ3n) is 4.56. The van der Waals surface area contributed by atoms with Gasteiger partial charge in [0.15, 0.2) is 0 Å². The Morgan fingerprint density at radius 3 is 2.93 bits per heavy atom. The van der Waals surface area contributed by atoms with E-state index in [1.807, 2.05) is 41.3 Å². The number of aromatic nitrogens is 2. The number of carbonyl (C=O) groups excluding carboxylic acids is 1. The lowest BCUT2D eigenvalue weighted by molar-refractivity contribution is -0.133. The molecule has 2 heterocycles. The van der Waals surface area contributed by atoms with Gasteiger partial charge in [-0.1, -0.05) is 17.3 Å². The van der Waals surface area contributed by atoms with Gasteiger partial charge in [-0.25, -0.2) is 0 Å². The van der Waals surface area contributed by atoms with Crippen molar-refractivity contribution >= 4 is 5.91 Å². The van der Waals surface area contributed by atoms with Gasteiger partial charge in [0, 0.05) is 24.4 Å². The Balaban J connectivity index is 1.43. The summed E-state index contributed by atoms with van der Waals surface area (Å²) in [5, 5.41) is 4.04. The summed E-state index contributed by atoms with van der Waals surface area (Å²) in [7, 11) is 1.62. The highest BCUT2D eigenvalue weighted by molar-refractivity contribution is 5.81. The van der Waals surface area contributed by atoms with E-state index in [0.717, 1.165) is 29.9 Å². The normalized spacial score (nSPS) is 13.5. The third-order valence-corrected chi connectivity index (χ3v) is 4.56. The van der Waals surface area contributed by atoms with Gasteiger partial charge in [0.2, 0.25) is 17.6 Å². The summed E-state index contributed by atoms with van der Waals surface area (Å²) in [6, 6.07) is 11.2. The van der Waals surface area contributed by atoms with E-state index >= 15 is 0 Å². The molecule has 1 fully saturated rings. The van der Waals surface area contributed by atoms with E-state index in [1.165, 1.54) is 0 Å². The van der Waals surface area contributed by atoms with Crippen molar-refractivity contribution in [1.82, 2.24) is 15.0 Å². The third kappa shape index (κ3) is 4.19. The van der Waals surface area contributed by atoms with E-state index in [-0.39, 0.29) is 11.8 Å². The second kappa shape index (κ2) is 7.65. The molecule has 0 radical (unpaired) electrons. The number of ether oxygens (including phenoxy) is 1. The molecule has 1 amide bonds. The first-order chi connectivity index (χ1) is 13.2. The fourth-order valence-corrected chi connectivity index (χ4v) is 2.91. The summed E-state index contributed by atoms with van der Waals surface area (Å²) in [6.07, 6.45) is 4.05. The first kappa shape index (κ1) is 17.3. The molecule has 140 valence electrons. The molecule has 7 nitrogen and oxygen atoms in total. The Hall–Kier alpha value is -3.09. The monoisotopic (exact) mass is 367 g/mol. The van der Waals surface area contributed by atoms with E-state index in [2.05, 4.69) is 10.1 Å². The first-order valence-electron chi connectivity index (χ1n) is 9.01. The van der Waals surface area contributed by atoms with Crippen molar-refractivity contribution in [2.45, 2.75) is 25.8 Å². The molecule has 1 aliphatic carbocycles. The molecule has 0 aliphatic heterocycles. The predicted molar refractivity (Wildman–Crippen MR) is 96.8 cm³/mol. The molecule has 7 heteroatoms. The van der Waals surface area contributed by atoms with Crippen LogP contribution in [0.2, 0.25) is 0 Å². The molecule has 2 aromatic heterocycles. The molecule has 3 aromatic rings. The minimum absolute atomic E-state index is 0.148. The van der Waals surface area contributed by atoms with Crippen LogP contribution in [0.15, 0.2) is 51.6 Å². The van der Waals surface area contributed by atoms with E-state index in [9.17, 15) is 4.79 Å². The highest BCUT2D eigenvalue weighted by Gasteiger charge is 2.33. The van der Waals surface area contributed by atoms with Crippen LogP contribution in [0.3, 0.4) is 0 Å². The number of benzene rings is 1. The Morgan fingerprint density at radius 2 is 2.19 bits per heavy atom. The van der Waals surface area contributed by atoms with Gasteiger partial charge in [-0.15, -0.1) is 0 Å². The molecule has 1 aliphatic rings. The summed E-state index contributed by atoms with van der Waals surface area (Å²) >= 11 is 0. The average Bonchev–Trinajstić information content (AvgIpc) is 3.22. The van der Waals surface area contributed by atoms with Gasteiger partial charge in [0.25, 0.3) is 0 Å². The van der Waals surface area contributed by atoms with Gasteiger partial charge >= 0.3 is 0 Å². The van der Waals surface area contributed by atoms with Crippen LogP contribution in [-0.4, -0.2) is 34.6 Å². The number of rotatable bonds is 8. The van der Waals surface area contributed by atoms with Crippen LogP contribution < -0.4 is 4.74 Å². The van der Waals surface area contributed by atoms with Crippen LogP contribution in [0.25, 0.3) is 11.4 Å². The molecular weight excluding hydrogens is 346 g/mol. The number of carbonyl (C=O) groups is 1. The Bertz CT molecular complexity index is 900. The minimum atomic E-state index is 0.148. The molecule has 0 saturated heterocycles. The zero-order valence-electron chi connectivity index (χ0n) is 15.1. The van der Waals surface area contributed by atoms with Crippen LogP contribution >= 0.6 is 0 Å². The maximum Gasteiger partial charge on any atom is 0.228 e. The quantitative estimate of drug-likeness (QED) is 0.607. The van der Waals surface area contributed by atoms with Crippen LogP contribution in [0.1, 0.15) is 24.5 Å². The zero-order valence-corrected chi connectivity index (χ0v) is 15.1. The number of amides is 1. The average molecular weight is 367 g/mol. The van der Waals surface area contributed by atoms with Crippen molar-refractivity contribution in [2.75, 3.05) is 13.7 Å². The van der Waals surface area contributed by atoms with Crippen LogP contribution in [0, 0.1) is 5.92 Å². The molecule has 1 aromatic carbocycles. The van der Waals surface area contributed by atoms with Crippen molar-refractivity contribution in [2.24, 2.45) is 5.92 Å². The molecule has 0 atom stereocenters. The molecule has 0 unspecified atom stereocenters. The smallest absolute Gasteiger partial charge is 0.228 e. The van der Waals surface area contributed by atoms with Crippen LogP contribution in [0.4, 0.5) is 0 Å². The lowest BCUT2D eigenvalue weighted by Gasteiger charge is -2.20. The van der Waals surface area contributed by atoms with Crippen molar-refractivity contribution in [1.29, 1.82) is 0 Å². The number of nitrogens with zero attached hydrogens (tertiary/aromatic N) is 3. The summed E-state index contributed by atoms with van der Waals surface area (Å²) in [4.78, 5) is 18.8. The van der Waals surface area contributed by atoms with E-state index in [0.29, 0.717) is 31.2 Å². The highest BCUT2D eigenvalue weighted by atomic mass is 16.5. The molecule has 0 N–H and O–H groups in total. The zero-order chi connectivity index (χ0) is 18.6. The van der Waals surface area contributed by atoms with E-state index in [1.54, 1.807) is 13.4 Å². The largest absolute Gasteiger partial charge is 0.497 e. The summed E-state index contributed by atoms with van der Waals surface area (Å²) < 4.78 is 16.0. The second-order valence-electron chi connectivity index (χ2n) is 6.61. The number of hydrogen-bond acceptors (Lipinski definition) is 6. The standard InChI is InChI=1S/C20H21N3O4/c1-25-16-5-2-4-15(12-16)19-21-18(27-22-19)9-10-23(20(24)14-7-8-14)13-17-6-3-11-26-17/h2-6,11-12,14H,7-10,13H2,1H3. The predicted octanol–water partition coefficient (Wildman–Crippen LogP) is 3.32. The Kier molecular flexibility index (Phi) is 4.91. The van der Waals surface area contributed by atoms with Crippen LogP contribution in [0.5, 0.6) is 5.75 Å². The van der Waals surface area contributed by atoms with Crippen molar-refractivity contribution in [3.63, 3.8) is 0 Å². The van der Waals surface area contributed by atoms with Crippen molar-refractivity contribution in [3.05, 3.63) is 54.3 Å². The second-order valence-corrected chi connectivity index (χ2v) is 6.61. The maximum absolute atomic E-state index is 12.6. The topological polar surface area (TPSA) is 81.6 Å². The van der Waals surface area contributed by atoms with Gasteiger partial charge in [-0.3, -0.25) is 4.79 Å². The van der Waals surface area contributed by atoms with Crippen molar-refractivity contribution in [3.8, 4) is 17.1 Å². The molecule has 1 saturated carbocycles. The Morgan fingerprint density at radius 1 is 1.30 bits per heavy atom. The minimum Gasteiger partial charge on any atom is -0.497 e. The van der Waals surface area contributed by atoms with Gasteiger partial charge in [0.1, 0.15) is 11.5 Å². The van der Waals surface area contributed by atoms with Gasteiger partial charge in [-0.05, 0) is 37.1 Å². The Labute approximate surface area is 156 Å². The molecule has 27 heavy (non-hydrogen) atoms. The molecule has 4 rings (SSSR count). The van der Waals surface area contributed by atoms with Gasteiger partial charge in [0.05, 0.1) is 19.9 Å². The number of furan rings is 1. The van der Waals surface area contributed by atoms with Gasteiger partial charge < -0.3 is 18.6 Å². The maximum atomic E-state index is 12.6. The fourth-order valence-electron chi connectivity index (χ4n) is 2.91. The SMILES string of the molecule is COc1cccc(-c2noc(CCN(Cc3ccco3)C(=O)C3CC3)n2)c1. The molecule has 0 bridgehead atoms. The van der Waals surface area contributed by atoms with Crippen LogP contribution in [-0.2, 0) is 17.8 Å². The fraction of sp³-hybridized carbons (Fsp3) is 0.350. The lowest BCUT2D eigenvalue weighted by atomic mass is 10.2. The summed E-state index contributed by atoms with van der Waals surface area (Å²) in [6.45, 7) is 0.967. The number of methoxy groups -OCH3 is 1. The van der Waals surface area contributed by atoms with E-state index < -0.39 is 0 Å². The van der Waals surface area contributed by atoms with Crippen molar-refractivity contribution < 1.29 is 18.5 Å². The summed E-state index contributed by atoms with van der Waals surface area (Å²) in [5.41, 5.74) is 0.825.